The number of hydrogen-bond acceptors (Lipinski definition) is 2. The maximum absolute atomic E-state index is 11.5. The summed E-state index contributed by atoms with van der Waals surface area (Å²) in [5.41, 5.74) is 6.63. The van der Waals surface area contributed by atoms with E-state index in [2.05, 4.69) is 27.2 Å². The van der Waals surface area contributed by atoms with Crippen molar-refractivity contribution >= 4 is 27.5 Å². The van der Waals surface area contributed by atoms with Crippen LogP contribution in [0.1, 0.15) is 10.4 Å². The van der Waals surface area contributed by atoms with Crippen LogP contribution in [-0.2, 0) is 0 Å². The van der Waals surface area contributed by atoms with Gasteiger partial charge < -0.3 is 11.1 Å². The van der Waals surface area contributed by atoms with Gasteiger partial charge in [-0.1, -0.05) is 12.0 Å². The lowest BCUT2D eigenvalue weighted by atomic mass is 10.2. The van der Waals surface area contributed by atoms with Gasteiger partial charge in [0.2, 0.25) is 0 Å². The van der Waals surface area contributed by atoms with E-state index in [1.54, 1.807) is 18.2 Å². The number of nitrogens with two attached hydrogens (primary N) is 1. The number of terminal acetylenes is 1. The number of carbonyl (C=O) groups excluding carboxylic acids is 1. The Hall–Kier alpha value is -1.47. The van der Waals surface area contributed by atoms with Gasteiger partial charge in [0.15, 0.2) is 0 Å². The topological polar surface area (TPSA) is 55.1 Å². The second-order valence-electron chi connectivity index (χ2n) is 2.60. The van der Waals surface area contributed by atoms with E-state index in [0.29, 0.717) is 15.7 Å². The van der Waals surface area contributed by atoms with Crippen molar-refractivity contribution in [3.63, 3.8) is 0 Å². The number of amides is 1. The van der Waals surface area contributed by atoms with Gasteiger partial charge in [0.1, 0.15) is 0 Å². The molecule has 1 aromatic rings. The van der Waals surface area contributed by atoms with Gasteiger partial charge in [0, 0.05) is 5.69 Å². The van der Waals surface area contributed by atoms with Crippen LogP contribution in [0.4, 0.5) is 5.69 Å². The third kappa shape index (κ3) is 2.27. The molecule has 1 rings (SSSR count). The molecule has 0 saturated heterocycles. The Kier molecular flexibility index (Phi) is 3.55. The smallest absolute Gasteiger partial charge is 0.253 e. The highest BCUT2D eigenvalue weighted by Gasteiger charge is 2.10. The molecule has 0 heterocycles. The van der Waals surface area contributed by atoms with Crippen LogP contribution in [0.15, 0.2) is 22.7 Å². The largest absolute Gasteiger partial charge is 0.398 e. The molecule has 0 aliphatic rings. The highest BCUT2D eigenvalue weighted by molar-refractivity contribution is 9.10. The van der Waals surface area contributed by atoms with Crippen molar-refractivity contribution in [2.75, 3.05) is 12.3 Å². The summed E-state index contributed by atoms with van der Waals surface area (Å²) in [6.07, 6.45) is 5.02. The van der Waals surface area contributed by atoms with Crippen molar-refractivity contribution in [1.82, 2.24) is 5.32 Å². The predicted octanol–water partition coefficient (Wildman–Crippen LogP) is 1.39. The molecule has 0 radical (unpaired) electrons. The second-order valence-corrected chi connectivity index (χ2v) is 3.39. The number of anilines is 1. The fourth-order valence-electron chi connectivity index (χ4n) is 0.952. The molecule has 0 atom stereocenters. The first-order chi connectivity index (χ1) is 6.66. The van der Waals surface area contributed by atoms with Crippen LogP contribution in [0.2, 0.25) is 0 Å². The van der Waals surface area contributed by atoms with Gasteiger partial charge >= 0.3 is 0 Å². The lowest BCUT2D eigenvalue weighted by molar-refractivity contribution is 0.0958. The first-order valence-corrected chi connectivity index (χ1v) is 4.71. The number of nitrogen functional groups attached to an aromatic ring is 1. The molecule has 3 nitrogen and oxygen atoms in total. The van der Waals surface area contributed by atoms with Gasteiger partial charge in [-0.25, -0.2) is 0 Å². The van der Waals surface area contributed by atoms with Crippen molar-refractivity contribution < 1.29 is 4.79 Å². The Balaban J connectivity index is 2.91. The zero-order valence-electron chi connectivity index (χ0n) is 7.38. The van der Waals surface area contributed by atoms with Crippen molar-refractivity contribution in [1.29, 1.82) is 0 Å². The van der Waals surface area contributed by atoms with E-state index in [1.165, 1.54) is 0 Å². The summed E-state index contributed by atoms with van der Waals surface area (Å²) in [6, 6.07) is 5.10. The Morgan fingerprint density at radius 2 is 2.36 bits per heavy atom. The third-order valence-electron chi connectivity index (χ3n) is 1.62. The molecule has 4 heteroatoms. The van der Waals surface area contributed by atoms with Crippen LogP contribution < -0.4 is 11.1 Å². The van der Waals surface area contributed by atoms with Gasteiger partial charge in [0.25, 0.3) is 5.91 Å². The fraction of sp³-hybridized carbons (Fsp3) is 0.100. The molecule has 0 saturated carbocycles. The van der Waals surface area contributed by atoms with Crippen molar-refractivity contribution in [2.45, 2.75) is 0 Å². The van der Waals surface area contributed by atoms with Crippen LogP contribution in [0.3, 0.4) is 0 Å². The molecule has 72 valence electrons. The third-order valence-corrected chi connectivity index (χ3v) is 2.51. The predicted molar refractivity (Wildman–Crippen MR) is 59.7 cm³/mol. The van der Waals surface area contributed by atoms with Crippen LogP contribution in [0.5, 0.6) is 0 Å². The first-order valence-electron chi connectivity index (χ1n) is 3.92. The van der Waals surface area contributed by atoms with E-state index < -0.39 is 0 Å². The monoisotopic (exact) mass is 252 g/mol. The zero-order valence-corrected chi connectivity index (χ0v) is 8.97. The number of nitrogens with one attached hydrogen (secondary N) is 1. The minimum Gasteiger partial charge on any atom is -0.398 e. The Labute approximate surface area is 90.8 Å². The summed E-state index contributed by atoms with van der Waals surface area (Å²) in [6.45, 7) is 0.208. The minimum atomic E-state index is -0.234. The van der Waals surface area contributed by atoms with Gasteiger partial charge in [-0.15, -0.1) is 6.42 Å². The quantitative estimate of drug-likeness (QED) is 0.618. The van der Waals surface area contributed by atoms with Crippen molar-refractivity contribution in [2.24, 2.45) is 0 Å². The average Bonchev–Trinajstić information content (AvgIpc) is 2.18. The van der Waals surface area contributed by atoms with E-state index in [1.807, 2.05) is 0 Å². The molecule has 0 aliphatic carbocycles. The van der Waals surface area contributed by atoms with E-state index in [4.69, 9.17) is 12.2 Å². The molecular weight excluding hydrogens is 244 g/mol. The summed E-state index contributed by atoms with van der Waals surface area (Å²) in [5.74, 6) is 2.09. The zero-order chi connectivity index (χ0) is 10.6. The van der Waals surface area contributed by atoms with Gasteiger partial charge in [-0.3, -0.25) is 4.79 Å². The molecule has 0 spiro atoms. The van der Waals surface area contributed by atoms with Crippen LogP contribution in [0.25, 0.3) is 0 Å². The maximum Gasteiger partial charge on any atom is 0.253 e. The number of carbonyl (C=O) groups is 1. The van der Waals surface area contributed by atoms with Crippen molar-refractivity contribution in [3.05, 3.63) is 28.2 Å². The maximum atomic E-state index is 11.5. The number of rotatable bonds is 2. The summed E-state index contributed by atoms with van der Waals surface area (Å²) in [4.78, 5) is 11.5. The van der Waals surface area contributed by atoms with Gasteiger partial charge in [-0.2, -0.15) is 0 Å². The van der Waals surface area contributed by atoms with E-state index in [0.717, 1.165) is 0 Å². The fourth-order valence-corrected chi connectivity index (χ4v) is 1.40. The highest BCUT2D eigenvalue weighted by atomic mass is 79.9. The number of benzene rings is 1. The molecule has 3 N–H and O–H groups in total. The second kappa shape index (κ2) is 4.68. The lowest BCUT2D eigenvalue weighted by Crippen LogP contribution is -2.24. The molecule has 14 heavy (non-hydrogen) atoms. The highest BCUT2D eigenvalue weighted by Crippen LogP contribution is 2.23. The van der Waals surface area contributed by atoms with Gasteiger partial charge in [0.05, 0.1) is 16.6 Å². The summed E-state index contributed by atoms with van der Waals surface area (Å²) >= 11 is 3.24. The van der Waals surface area contributed by atoms with E-state index in [-0.39, 0.29) is 12.5 Å². The summed E-state index contributed by atoms with van der Waals surface area (Å²) < 4.78 is 0.592. The van der Waals surface area contributed by atoms with Crippen LogP contribution >= 0.6 is 15.9 Å². The number of halogens is 1. The van der Waals surface area contributed by atoms with Crippen LogP contribution in [-0.4, -0.2) is 12.5 Å². The molecule has 0 fully saturated rings. The first kappa shape index (κ1) is 10.6. The molecular formula is C10H9BrN2O. The Bertz CT molecular complexity index is 396. The molecule has 1 aromatic carbocycles. The molecule has 0 unspecified atom stereocenters. The molecule has 1 amide bonds. The molecule has 0 aliphatic heterocycles. The number of hydrogen-bond donors (Lipinski definition) is 2. The molecule has 0 aromatic heterocycles. The standard InChI is InChI=1S/C10H9BrN2O/c1-2-6-13-10(14)7-4-3-5-8(12)9(7)11/h1,3-5H,6,12H2,(H,13,14). The van der Waals surface area contributed by atoms with Crippen LogP contribution in [0, 0.1) is 12.3 Å². The average molecular weight is 253 g/mol. The Morgan fingerprint density at radius 1 is 1.64 bits per heavy atom. The lowest BCUT2D eigenvalue weighted by Gasteiger charge is -2.05. The van der Waals surface area contributed by atoms with Crippen molar-refractivity contribution in [3.8, 4) is 12.3 Å². The summed E-state index contributed by atoms with van der Waals surface area (Å²) in [7, 11) is 0. The minimum absolute atomic E-state index is 0.208. The summed E-state index contributed by atoms with van der Waals surface area (Å²) in [5, 5.41) is 2.56. The van der Waals surface area contributed by atoms with E-state index >= 15 is 0 Å². The normalized spacial score (nSPS) is 9.14. The van der Waals surface area contributed by atoms with Gasteiger partial charge in [-0.05, 0) is 28.1 Å². The molecule has 0 bridgehead atoms. The van der Waals surface area contributed by atoms with E-state index in [9.17, 15) is 4.79 Å². The SMILES string of the molecule is C#CCNC(=O)c1cccc(N)c1Br. The Morgan fingerprint density at radius 3 is 3.00 bits per heavy atom.